The Hall–Kier alpha value is -0.0900. The summed E-state index contributed by atoms with van der Waals surface area (Å²) in [5.41, 5.74) is 1.26. The number of hydrogen-bond donors (Lipinski definition) is 1. The van der Waals surface area contributed by atoms with Crippen LogP contribution in [0.1, 0.15) is 31.4 Å². The van der Waals surface area contributed by atoms with Gasteiger partial charge in [-0.05, 0) is 30.2 Å². The predicted molar refractivity (Wildman–Crippen MR) is 81.2 cm³/mol. The Bertz CT molecular complexity index is 391. The Morgan fingerprint density at radius 2 is 2.11 bits per heavy atom. The second-order valence-corrected chi connectivity index (χ2v) is 6.08. The van der Waals surface area contributed by atoms with E-state index in [-0.39, 0.29) is 0 Å². The Morgan fingerprint density at radius 1 is 1.39 bits per heavy atom. The average molecular weight is 332 g/mol. The van der Waals surface area contributed by atoms with Crippen molar-refractivity contribution in [3.05, 3.63) is 33.3 Å². The van der Waals surface area contributed by atoms with Crippen molar-refractivity contribution >= 4 is 27.5 Å². The summed E-state index contributed by atoms with van der Waals surface area (Å²) in [7, 11) is 0. The smallest absolute Gasteiger partial charge is 0.0454 e. The molecule has 100 valence electrons. The van der Waals surface area contributed by atoms with Crippen molar-refractivity contribution in [2.45, 2.75) is 25.8 Å². The first-order chi connectivity index (χ1) is 8.72. The minimum absolute atomic E-state index is 0.446. The molecule has 0 amide bonds. The van der Waals surface area contributed by atoms with Crippen molar-refractivity contribution in [3.8, 4) is 0 Å². The van der Waals surface area contributed by atoms with E-state index in [2.05, 4.69) is 39.1 Å². The van der Waals surface area contributed by atoms with Crippen molar-refractivity contribution in [2.75, 3.05) is 26.2 Å². The van der Waals surface area contributed by atoms with Gasteiger partial charge in [0.15, 0.2) is 0 Å². The Kier molecular flexibility index (Phi) is 5.49. The number of nitrogens with one attached hydrogen (secondary N) is 1. The molecule has 1 aromatic rings. The van der Waals surface area contributed by atoms with Crippen LogP contribution >= 0.6 is 27.5 Å². The van der Waals surface area contributed by atoms with Gasteiger partial charge in [-0.1, -0.05) is 40.9 Å². The van der Waals surface area contributed by atoms with Crippen molar-refractivity contribution in [3.63, 3.8) is 0 Å². The van der Waals surface area contributed by atoms with Gasteiger partial charge in [-0.25, -0.2) is 0 Å². The highest BCUT2D eigenvalue weighted by Crippen LogP contribution is 2.33. The van der Waals surface area contributed by atoms with Crippen LogP contribution in [-0.2, 0) is 0 Å². The molecule has 1 aliphatic rings. The van der Waals surface area contributed by atoms with E-state index in [9.17, 15) is 0 Å². The van der Waals surface area contributed by atoms with Crippen LogP contribution in [0.2, 0.25) is 5.02 Å². The van der Waals surface area contributed by atoms with E-state index in [1.807, 2.05) is 12.1 Å². The molecule has 18 heavy (non-hydrogen) atoms. The molecule has 0 saturated carbocycles. The molecule has 1 aliphatic heterocycles. The number of nitrogens with zero attached hydrogens (tertiary/aromatic N) is 1. The highest BCUT2D eigenvalue weighted by Gasteiger charge is 2.23. The lowest BCUT2D eigenvalue weighted by Gasteiger charge is -2.35. The average Bonchev–Trinajstić information content (AvgIpc) is 2.40. The van der Waals surface area contributed by atoms with Gasteiger partial charge in [0.2, 0.25) is 0 Å². The van der Waals surface area contributed by atoms with Crippen molar-refractivity contribution < 1.29 is 0 Å². The SMILES string of the molecule is CCC[C@@H](c1cc(Br)ccc1Cl)N1CCNCC1. The third-order valence-electron chi connectivity index (χ3n) is 3.47. The normalized spacial score (nSPS) is 18.8. The summed E-state index contributed by atoms with van der Waals surface area (Å²) in [6, 6.07) is 6.62. The van der Waals surface area contributed by atoms with Crippen LogP contribution in [0.5, 0.6) is 0 Å². The van der Waals surface area contributed by atoms with E-state index in [4.69, 9.17) is 11.6 Å². The van der Waals surface area contributed by atoms with E-state index in [1.54, 1.807) is 0 Å². The summed E-state index contributed by atoms with van der Waals surface area (Å²) in [6.07, 6.45) is 2.34. The maximum absolute atomic E-state index is 6.38. The van der Waals surface area contributed by atoms with Gasteiger partial charge >= 0.3 is 0 Å². The lowest BCUT2D eigenvalue weighted by Crippen LogP contribution is -2.45. The molecule has 1 N–H and O–H groups in total. The zero-order valence-corrected chi connectivity index (χ0v) is 13.1. The zero-order valence-electron chi connectivity index (χ0n) is 10.8. The monoisotopic (exact) mass is 330 g/mol. The quantitative estimate of drug-likeness (QED) is 0.901. The van der Waals surface area contributed by atoms with E-state index in [1.165, 1.54) is 12.0 Å². The summed E-state index contributed by atoms with van der Waals surface area (Å²) in [6.45, 7) is 6.60. The molecule has 2 nitrogen and oxygen atoms in total. The van der Waals surface area contributed by atoms with Gasteiger partial charge in [-0.2, -0.15) is 0 Å². The zero-order chi connectivity index (χ0) is 13.0. The topological polar surface area (TPSA) is 15.3 Å². The molecule has 2 rings (SSSR count). The molecule has 4 heteroatoms. The molecule has 1 atom stereocenters. The second kappa shape index (κ2) is 6.90. The van der Waals surface area contributed by atoms with Gasteiger partial charge in [0.05, 0.1) is 0 Å². The van der Waals surface area contributed by atoms with Crippen LogP contribution in [0.15, 0.2) is 22.7 Å². The molecule has 1 heterocycles. The molecule has 0 unspecified atom stereocenters. The first kappa shape index (κ1) is 14.3. The fraction of sp³-hybridized carbons (Fsp3) is 0.571. The van der Waals surface area contributed by atoms with Crippen LogP contribution in [0, 0.1) is 0 Å². The molecule has 1 saturated heterocycles. The maximum atomic E-state index is 6.38. The summed E-state index contributed by atoms with van der Waals surface area (Å²) >= 11 is 9.93. The van der Waals surface area contributed by atoms with E-state index >= 15 is 0 Å². The van der Waals surface area contributed by atoms with Gasteiger partial charge in [0, 0.05) is 41.7 Å². The second-order valence-electron chi connectivity index (χ2n) is 4.76. The van der Waals surface area contributed by atoms with Crippen molar-refractivity contribution in [1.29, 1.82) is 0 Å². The summed E-state index contributed by atoms with van der Waals surface area (Å²) < 4.78 is 1.11. The van der Waals surface area contributed by atoms with Gasteiger partial charge in [-0.15, -0.1) is 0 Å². The van der Waals surface area contributed by atoms with Crippen molar-refractivity contribution in [1.82, 2.24) is 10.2 Å². The lowest BCUT2D eigenvalue weighted by molar-refractivity contribution is 0.164. The van der Waals surface area contributed by atoms with Crippen LogP contribution in [-0.4, -0.2) is 31.1 Å². The number of piperazine rings is 1. The van der Waals surface area contributed by atoms with E-state index in [0.29, 0.717) is 6.04 Å². The third-order valence-corrected chi connectivity index (χ3v) is 4.31. The largest absolute Gasteiger partial charge is 0.314 e. The van der Waals surface area contributed by atoms with Crippen LogP contribution in [0.25, 0.3) is 0 Å². The van der Waals surface area contributed by atoms with E-state index in [0.717, 1.165) is 42.1 Å². The Labute approximate surface area is 123 Å². The molecular weight excluding hydrogens is 312 g/mol. The van der Waals surface area contributed by atoms with Gasteiger partial charge in [0.25, 0.3) is 0 Å². The van der Waals surface area contributed by atoms with E-state index < -0.39 is 0 Å². The van der Waals surface area contributed by atoms with Crippen molar-refractivity contribution in [2.24, 2.45) is 0 Å². The molecule has 0 radical (unpaired) electrons. The highest BCUT2D eigenvalue weighted by atomic mass is 79.9. The Balaban J connectivity index is 2.24. The molecule has 0 bridgehead atoms. The summed E-state index contributed by atoms with van der Waals surface area (Å²) in [4.78, 5) is 2.55. The molecule has 1 fully saturated rings. The van der Waals surface area contributed by atoms with Crippen LogP contribution in [0.4, 0.5) is 0 Å². The van der Waals surface area contributed by atoms with Gasteiger partial charge in [-0.3, -0.25) is 4.90 Å². The standard InChI is InChI=1S/C14H20BrClN2/c1-2-3-14(18-8-6-17-7-9-18)12-10-11(15)4-5-13(12)16/h4-5,10,14,17H,2-3,6-9H2,1H3/t14-/m0/s1. The number of hydrogen-bond acceptors (Lipinski definition) is 2. The third kappa shape index (κ3) is 3.47. The fourth-order valence-corrected chi connectivity index (χ4v) is 3.19. The number of benzene rings is 1. The van der Waals surface area contributed by atoms with Gasteiger partial charge < -0.3 is 5.32 Å². The van der Waals surface area contributed by atoms with Crippen LogP contribution in [0.3, 0.4) is 0 Å². The lowest BCUT2D eigenvalue weighted by atomic mass is 10.00. The fourth-order valence-electron chi connectivity index (χ4n) is 2.57. The molecule has 0 aromatic heterocycles. The predicted octanol–water partition coefficient (Wildman–Crippen LogP) is 3.85. The molecular formula is C14H20BrClN2. The number of halogens is 2. The molecule has 1 aromatic carbocycles. The maximum Gasteiger partial charge on any atom is 0.0454 e. The molecule has 0 aliphatic carbocycles. The first-order valence-corrected chi connectivity index (χ1v) is 7.79. The summed E-state index contributed by atoms with van der Waals surface area (Å²) in [5.74, 6) is 0. The first-order valence-electron chi connectivity index (χ1n) is 6.62. The minimum Gasteiger partial charge on any atom is -0.314 e. The minimum atomic E-state index is 0.446. The highest BCUT2D eigenvalue weighted by molar-refractivity contribution is 9.10. The van der Waals surface area contributed by atoms with Crippen LogP contribution < -0.4 is 5.32 Å². The summed E-state index contributed by atoms with van der Waals surface area (Å²) in [5, 5.41) is 4.29. The van der Waals surface area contributed by atoms with Gasteiger partial charge in [0.1, 0.15) is 0 Å². The Morgan fingerprint density at radius 3 is 2.78 bits per heavy atom. The number of rotatable bonds is 4. The molecule has 0 spiro atoms.